The maximum atomic E-state index is 13.3. The van der Waals surface area contributed by atoms with Gasteiger partial charge in [0.05, 0.1) is 18.8 Å². The smallest absolute Gasteiger partial charge is 0.262 e. The van der Waals surface area contributed by atoms with Crippen LogP contribution in [0.2, 0.25) is 0 Å². The molecule has 0 radical (unpaired) electrons. The summed E-state index contributed by atoms with van der Waals surface area (Å²) >= 11 is 1.54. The van der Waals surface area contributed by atoms with E-state index in [2.05, 4.69) is 26.1 Å². The molecule has 32 heavy (non-hydrogen) atoms. The molecule has 0 spiro atoms. The van der Waals surface area contributed by atoms with Gasteiger partial charge in [-0.15, -0.1) is 11.3 Å². The van der Waals surface area contributed by atoms with Crippen LogP contribution in [0.4, 0.5) is 5.00 Å². The second kappa shape index (κ2) is 9.63. The van der Waals surface area contributed by atoms with Crippen molar-refractivity contribution in [2.45, 2.75) is 51.9 Å². The Morgan fingerprint density at radius 3 is 2.47 bits per heavy atom. The third-order valence-electron chi connectivity index (χ3n) is 6.03. The Labute approximate surface area is 193 Å². The van der Waals surface area contributed by atoms with Gasteiger partial charge in [-0.05, 0) is 54.4 Å². The van der Waals surface area contributed by atoms with Crippen LogP contribution in [-0.4, -0.2) is 49.6 Å². The summed E-state index contributed by atoms with van der Waals surface area (Å²) in [5.41, 5.74) is 3.07. The molecule has 1 fully saturated rings. The summed E-state index contributed by atoms with van der Waals surface area (Å²) < 4.78 is 11.1. The quantitative estimate of drug-likeness (QED) is 0.724. The molecule has 0 bridgehead atoms. The van der Waals surface area contributed by atoms with Gasteiger partial charge in [0, 0.05) is 18.0 Å². The van der Waals surface area contributed by atoms with E-state index in [1.54, 1.807) is 11.3 Å². The van der Waals surface area contributed by atoms with Gasteiger partial charge in [0.2, 0.25) is 0 Å². The number of morpholine rings is 1. The Kier molecular flexibility index (Phi) is 6.86. The summed E-state index contributed by atoms with van der Waals surface area (Å²) in [5, 5.41) is 3.63. The lowest BCUT2D eigenvalue weighted by Gasteiger charge is -2.27. The molecule has 1 N–H and O–H groups in total. The third kappa shape index (κ3) is 5.15. The topological polar surface area (TPSA) is 67.9 Å². The van der Waals surface area contributed by atoms with Crippen molar-refractivity contribution in [3.05, 3.63) is 45.8 Å². The lowest BCUT2D eigenvalue weighted by atomic mass is 9.87. The fourth-order valence-electron chi connectivity index (χ4n) is 4.17. The lowest BCUT2D eigenvalue weighted by Crippen LogP contribution is -2.41. The molecule has 1 saturated heterocycles. The maximum Gasteiger partial charge on any atom is 0.262 e. The Bertz CT molecular complexity index is 969. The van der Waals surface area contributed by atoms with E-state index in [-0.39, 0.29) is 23.8 Å². The molecule has 2 aromatic rings. The second-order valence-electron chi connectivity index (χ2n) is 9.43. The highest BCUT2D eigenvalue weighted by Gasteiger charge is 2.30. The average molecular weight is 457 g/mol. The summed E-state index contributed by atoms with van der Waals surface area (Å²) in [7, 11) is 0. The van der Waals surface area contributed by atoms with Crippen LogP contribution in [0.1, 0.15) is 60.0 Å². The van der Waals surface area contributed by atoms with Gasteiger partial charge in [0.1, 0.15) is 10.8 Å². The number of rotatable bonds is 5. The molecule has 1 aliphatic carbocycles. The molecule has 172 valence electrons. The first-order valence-electron chi connectivity index (χ1n) is 11.4. The standard InChI is InChI=1S/C25H32N2O4S/c1-25(2,3)17-8-10-18(11-9-17)31-16-21(28)26-23-22(19-6-4-5-7-20(19)32-23)24(29)27-12-14-30-15-13-27/h8-11H,4-7,12-16H2,1-3H3,(H,26,28). The van der Waals surface area contributed by atoms with Crippen molar-refractivity contribution in [2.75, 3.05) is 38.2 Å². The van der Waals surface area contributed by atoms with Gasteiger partial charge in [-0.25, -0.2) is 0 Å². The number of ether oxygens (including phenoxy) is 2. The van der Waals surface area contributed by atoms with Crippen molar-refractivity contribution in [3.8, 4) is 5.75 Å². The van der Waals surface area contributed by atoms with Gasteiger partial charge in [-0.1, -0.05) is 32.9 Å². The van der Waals surface area contributed by atoms with E-state index in [4.69, 9.17) is 9.47 Å². The number of hydrogen-bond donors (Lipinski definition) is 1. The minimum Gasteiger partial charge on any atom is -0.484 e. The number of hydrogen-bond acceptors (Lipinski definition) is 5. The van der Waals surface area contributed by atoms with E-state index in [9.17, 15) is 9.59 Å². The van der Waals surface area contributed by atoms with Gasteiger partial charge < -0.3 is 19.7 Å². The summed E-state index contributed by atoms with van der Waals surface area (Å²) in [6.07, 6.45) is 4.06. The molecule has 4 rings (SSSR count). The normalized spacial score (nSPS) is 16.4. The molecule has 2 heterocycles. The van der Waals surface area contributed by atoms with Crippen molar-refractivity contribution in [1.82, 2.24) is 4.90 Å². The summed E-state index contributed by atoms with van der Waals surface area (Å²) in [6.45, 7) is 8.67. The molecule has 0 unspecified atom stereocenters. The van der Waals surface area contributed by atoms with Crippen molar-refractivity contribution >= 4 is 28.2 Å². The zero-order valence-corrected chi connectivity index (χ0v) is 20.0. The Morgan fingerprint density at radius 2 is 1.78 bits per heavy atom. The molecule has 7 heteroatoms. The summed E-state index contributed by atoms with van der Waals surface area (Å²) in [5.74, 6) is 0.407. The van der Waals surface area contributed by atoms with Gasteiger partial charge in [0.15, 0.2) is 6.61 Å². The van der Waals surface area contributed by atoms with Gasteiger partial charge in [0.25, 0.3) is 11.8 Å². The van der Waals surface area contributed by atoms with E-state index in [1.807, 2.05) is 29.2 Å². The first kappa shape index (κ1) is 22.8. The molecular weight excluding hydrogens is 424 g/mol. The number of thiophene rings is 1. The fraction of sp³-hybridized carbons (Fsp3) is 0.520. The van der Waals surface area contributed by atoms with E-state index in [0.717, 1.165) is 31.2 Å². The predicted molar refractivity (Wildman–Crippen MR) is 127 cm³/mol. The fourth-order valence-corrected chi connectivity index (χ4v) is 5.47. The highest BCUT2D eigenvalue weighted by Crippen LogP contribution is 2.39. The van der Waals surface area contributed by atoms with Crippen molar-refractivity contribution < 1.29 is 19.1 Å². The lowest BCUT2D eigenvalue weighted by molar-refractivity contribution is -0.118. The maximum absolute atomic E-state index is 13.3. The average Bonchev–Trinajstić information content (AvgIpc) is 3.15. The molecule has 2 aliphatic rings. The number of carbonyl (C=O) groups excluding carboxylic acids is 2. The minimum atomic E-state index is -0.250. The SMILES string of the molecule is CC(C)(C)c1ccc(OCC(=O)Nc2sc3c(c2C(=O)N2CCOCC2)CCCC3)cc1. The zero-order chi connectivity index (χ0) is 22.7. The van der Waals surface area contributed by atoms with E-state index >= 15 is 0 Å². The van der Waals surface area contributed by atoms with Crippen LogP contribution in [0.5, 0.6) is 5.75 Å². The van der Waals surface area contributed by atoms with Crippen LogP contribution < -0.4 is 10.1 Å². The van der Waals surface area contributed by atoms with Crippen LogP contribution in [-0.2, 0) is 27.8 Å². The minimum absolute atomic E-state index is 0.00156. The van der Waals surface area contributed by atoms with Crippen LogP contribution >= 0.6 is 11.3 Å². The second-order valence-corrected chi connectivity index (χ2v) is 10.5. The first-order valence-corrected chi connectivity index (χ1v) is 12.2. The van der Waals surface area contributed by atoms with E-state index < -0.39 is 0 Å². The number of nitrogens with zero attached hydrogens (tertiary/aromatic N) is 1. The van der Waals surface area contributed by atoms with Crippen molar-refractivity contribution in [2.24, 2.45) is 0 Å². The summed E-state index contributed by atoms with van der Waals surface area (Å²) in [6, 6.07) is 7.84. The largest absolute Gasteiger partial charge is 0.484 e. The molecule has 2 amide bonds. The Balaban J connectivity index is 1.45. The molecule has 0 saturated carbocycles. The number of anilines is 1. The van der Waals surface area contributed by atoms with Gasteiger partial charge in [-0.2, -0.15) is 0 Å². The molecule has 1 aromatic heterocycles. The van der Waals surface area contributed by atoms with Gasteiger partial charge >= 0.3 is 0 Å². The molecule has 0 atom stereocenters. The van der Waals surface area contributed by atoms with Crippen molar-refractivity contribution in [1.29, 1.82) is 0 Å². The zero-order valence-electron chi connectivity index (χ0n) is 19.2. The number of nitrogens with one attached hydrogen (secondary N) is 1. The number of amides is 2. The van der Waals surface area contributed by atoms with Crippen LogP contribution in [0.3, 0.4) is 0 Å². The molecule has 6 nitrogen and oxygen atoms in total. The van der Waals surface area contributed by atoms with Crippen LogP contribution in [0.15, 0.2) is 24.3 Å². The first-order chi connectivity index (χ1) is 15.3. The molecule has 1 aromatic carbocycles. The molecule has 1 aliphatic heterocycles. The third-order valence-corrected chi connectivity index (χ3v) is 7.23. The number of benzene rings is 1. The number of fused-ring (bicyclic) bond motifs is 1. The predicted octanol–water partition coefficient (Wildman–Crippen LogP) is 4.41. The van der Waals surface area contributed by atoms with Crippen LogP contribution in [0.25, 0.3) is 0 Å². The van der Waals surface area contributed by atoms with Crippen molar-refractivity contribution in [3.63, 3.8) is 0 Å². The highest BCUT2D eigenvalue weighted by atomic mass is 32.1. The van der Waals surface area contributed by atoms with Gasteiger partial charge in [-0.3, -0.25) is 9.59 Å². The van der Waals surface area contributed by atoms with E-state index in [0.29, 0.717) is 42.6 Å². The summed E-state index contributed by atoms with van der Waals surface area (Å²) in [4.78, 5) is 29.1. The van der Waals surface area contributed by atoms with E-state index in [1.165, 1.54) is 10.4 Å². The number of aryl methyl sites for hydroxylation is 1. The number of carbonyl (C=O) groups is 2. The van der Waals surface area contributed by atoms with Crippen LogP contribution in [0, 0.1) is 0 Å². The monoisotopic (exact) mass is 456 g/mol. The Hall–Kier alpha value is -2.38. The Morgan fingerprint density at radius 1 is 1.09 bits per heavy atom. The molecular formula is C25H32N2O4S. The highest BCUT2D eigenvalue weighted by molar-refractivity contribution is 7.17.